The molecule has 10 nitrogen and oxygen atoms in total. The van der Waals surface area contributed by atoms with Gasteiger partial charge in [0.15, 0.2) is 0 Å². The third kappa shape index (κ3) is 7.76. The van der Waals surface area contributed by atoms with E-state index in [0.717, 1.165) is 45.4 Å². The average molecular weight is 658 g/mol. The Morgan fingerprint density at radius 1 is 0.957 bits per heavy atom. The molecule has 0 saturated heterocycles. The summed E-state index contributed by atoms with van der Waals surface area (Å²) in [5, 5.41) is 14.8. The Bertz CT molecular complexity index is 2090. The van der Waals surface area contributed by atoms with Crippen LogP contribution in [0.3, 0.4) is 0 Å². The van der Waals surface area contributed by atoms with Gasteiger partial charge in [0.25, 0.3) is 0 Å². The summed E-state index contributed by atoms with van der Waals surface area (Å²) in [4.78, 5) is 30.9. The molecule has 2 aromatic heterocycles. The predicted molar refractivity (Wildman–Crippen MR) is 174 cm³/mol. The summed E-state index contributed by atoms with van der Waals surface area (Å²) >= 11 is 0.989. The average Bonchev–Trinajstić information content (AvgIpc) is 3.54. The van der Waals surface area contributed by atoms with Crippen LogP contribution in [0.15, 0.2) is 89.7 Å². The molecule has 0 fully saturated rings. The van der Waals surface area contributed by atoms with Crippen LogP contribution in [0.2, 0.25) is 0 Å². The fourth-order valence-corrected chi connectivity index (χ4v) is 5.62. The minimum atomic E-state index is -0.846. The number of thiazole rings is 1. The number of rotatable bonds is 11. The van der Waals surface area contributed by atoms with Crippen LogP contribution in [0.25, 0.3) is 11.0 Å². The van der Waals surface area contributed by atoms with Gasteiger partial charge < -0.3 is 29.8 Å². The van der Waals surface area contributed by atoms with Crippen LogP contribution in [-0.4, -0.2) is 32.2 Å². The first-order valence-corrected chi connectivity index (χ1v) is 15.4. The van der Waals surface area contributed by atoms with Crippen LogP contribution < -0.4 is 25.0 Å². The normalized spacial score (nSPS) is 11.0. The van der Waals surface area contributed by atoms with Crippen molar-refractivity contribution >= 4 is 34.1 Å². The second-order valence-corrected chi connectivity index (χ2v) is 11.7. The molecular formula is C34H29F2N5O5S. The number of carbonyl (C=O) groups excluding carboxylic acids is 1. The molecule has 0 unspecified atom stereocenters. The van der Waals surface area contributed by atoms with E-state index in [1.54, 1.807) is 0 Å². The van der Waals surface area contributed by atoms with Gasteiger partial charge in [0.1, 0.15) is 41.3 Å². The number of amides is 2. The quantitative estimate of drug-likeness (QED) is 0.124. The van der Waals surface area contributed by atoms with E-state index < -0.39 is 17.7 Å². The van der Waals surface area contributed by atoms with Crippen molar-refractivity contribution < 1.29 is 28.2 Å². The Kier molecular flexibility index (Phi) is 9.16. The fourth-order valence-electron chi connectivity index (χ4n) is 4.86. The lowest BCUT2D eigenvalue weighted by Crippen LogP contribution is -2.30. The van der Waals surface area contributed by atoms with E-state index in [-0.39, 0.29) is 23.0 Å². The molecule has 0 saturated carbocycles. The van der Waals surface area contributed by atoms with Gasteiger partial charge in [-0.3, -0.25) is 9.78 Å². The third-order valence-corrected chi connectivity index (χ3v) is 8.21. The van der Waals surface area contributed by atoms with Crippen molar-refractivity contribution in [1.29, 1.82) is 0 Å². The van der Waals surface area contributed by atoms with Crippen LogP contribution in [0, 0.1) is 11.6 Å². The van der Waals surface area contributed by atoms with Gasteiger partial charge in [-0.1, -0.05) is 35.6 Å². The monoisotopic (exact) mass is 657 g/mol. The van der Waals surface area contributed by atoms with Crippen LogP contribution in [-0.2, 0) is 26.5 Å². The Labute approximate surface area is 271 Å². The molecule has 6 aromatic rings. The molecule has 0 aliphatic rings. The summed E-state index contributed by atoms with van der Waals surface area (Å²) < 4.78 is 40.8. The first kappa shape index (κ1) is 31.3. The number of halogens is 2. The number of ether oxygens (including phenoxy) is 2. The number of nitrogens with one attached hydrogen (secondary N) is 3. The summed E-state index contributed by atoms with van der Waals surface area (Å²) in [7, 11) is 1.91. The third-order valence-electron chi connectivity index (χ3n) is 7.34. The molecular weight excluding hydrogens is 628 g/mol. The standard InChI is InChI=1S/C34H29F2N5O5S/c1-41-29-18-25(46-24-9-2-20(3-10-24)14-15-37-33(43)39-27-12-6-22(35)17-26(27)36)11-13-28(29)38-31(41)19-45-23-7-4-21(5-8-23)16-30-32(42)40-34(44)47-30/h2-13,17-18,42H,14-16,19H2,1H3,(H,40,44)(H2,37,39,43). The summed E-state index contributed by atoms with van der Waals surface area (Å²) in [6.45, 7) is 0.565. The molecule has 2 amide bonds. The number of aromatic nitrogens is 3. The Morgan fingerprint density at radius 2 is 1.68 bits per heavy atom. The highest BCUT2D eigenvalue weighted by Gasteiger charge is 2.12. The van der Waals surface area contributed by atoms with Gasteiger partial charge in [-0.2, -0.15) is 0 Å². The lowest BCUT2D eigenvalue weighted by atomic mass is 10.1. The van der Waals surface area contributed by atoms with Gasteiger partial charge in [-0.05, 0) is 66.1 Å². The predicted octanol–water partition coefficient (Wildman–Crippen LogP) is 6.63. The molecule has 4 aromatic carbocycles. The molecule has 4 N–H and O–H groups in total. The van der Waals surface area contributed by atoms with E-state index in [9.17, 15) is 23.5 Å². The van der Waals surface area contributed by atoms with Crippen LogP contribution in [0.4, 0.5) is 19.3 Å². The molecule has 13 heteroatoms. The first-order valence-electron chi connectivity index (χ1n) is 14.5. The largest absolute Gasteiger partial charge is 0.494 e. The number of benzene rings is 4. The van der Waals surface area contributed by atoms with Crippen molar-refractivity contribution in [2.24, 2.45) is 7.05 Å². The van der Waals surface area contributed by atoms with E-state index >= 15 is 0 Å². The van der Waals surface area contributed by atoms with Gasteiger partial charge in [-0.15, -0.1) is 0 Å². The molecule has 0 aliphatic heterocycles. The van der Waals surface area contributed by atoms with E-state index in [1.165, 1.54) is 6.07 Å². The van der Waals surface area contributed by atoms with Gasteiger partial charge in [-0.25, -0.2) is 18.6 Å². The van der Waals surface area contributed by atoms with Gasteiger partial charge in [0.05, 0.1) is 21.6 Å². The van der Waals surface area contributed by atoms with Crippen molar-refractivity contribution in [1.82, 2.24) is 19.9 Å². The van der Waals surface area contributed by atoms with Gasteiger partial charge in [0, 0.05) is 32.1 Å². The summed E-state index contributed by atoms with van der Waals surface area (Å²) in [6.07, 6.45) is 0.981. The number of aryl methyl sites for hydroxylation is 1. The van der Waals surface area contributed by atoms with Crippen molar-refractivity contribution in [2.75, 3.05) is 11.9 Å². The molecule has 0 spiro atoms. The Morgan fingerprint density at radius 3 is 2.40 bits per heavy atom. The number of anilines is 1. The maximum absolute atomic E-state index is 13.7. The first-order chi connectivity index (χ1) is 22.7. The van der Waals surface area contributed by atoms with Gasteiger partial charge in [0.2, 0.25) is 5.88 Å². The van der Waals surface area contributed by atoms with E-state index in [1.807, 2.05) is 78.3 Å². The highest BCUT2D eigenvalue weighted by molar-refractivity contribution is 7.09. The van der Waals surface area contributed by atoms with Crippen molar-refractivity contribution in [3.8, 4) is 23.1 Å². The highest BCUT2D eigenvalue weighted by atomic mass is 32.1. The lowest BCUT2D eigenvalue weighted by molar-refractivity contribution is 0.252. The van der Waals surface area contributed by atoms with E-state index in [4.69, 9.17) is 14.5 Å². The van der Waals surface area contributed by atoms with Gasteiger partial charge >= 0.3 is 10.9 Å². The zero-order valence-corrected chi connectivity index (χ0v) is 25.9. The van der Waals surface area contributed by atoms with E-state index in [0.29, 0.717) is 47.6 Å². The molecule has 2 heterocycles. The molecule has 0 bridgehead atoms. The molecule has 0 aliphatic carbocycles. The van der Waals surface area contributed by atoms with Crippen LogP contribution in [0.5, 0.6) is 23.1 Å². The number of aromatic amines is 1. The second-order valence-electron chi connectivity index (χ2n) is 10.6. The number of H-pyrrole nitrogens is 1. The Hall–Kier alpha value is -5.69. The zero-order chi connectivity index (χ0) is 32.9. The summed E-state index contributed by atoms with van der Waals surface area (Å²) in [6, 6.07) is 22.9. The van der Waals surface area contributed by atoms with Crippen molar-refractivity contribution in [2.45, 2.75) is 19.4 Å². The zero-order valence-electron chi connectivity index (χ0n) is 25.1. The fraction of sp³-hybridized carbons (Fsp3) is 0.147. The van der Waals surface area contributed by atoms with Crippen molar-refractivity contribution in [3.05, 3.63) is 128 Å². The molecule has 240 valence electrons. The number of nitrogens with zero attached hydrogens (tertiary/aromatic N) is 2. The Balaban J connectivity index is 1.00. The number of aromatic hydroxyl groups is 1. The topological polar surface area (TPSA) is 130 Å². The molecule has 0 atom stereocenters. The number of urea groups is 1. The number of imidazole rings is 1. The maximum Gasteiger partial charge on any atom is 0.319 e. The minimum absolute atomic E-state index is 0.0936. The highest BCUT2D eigenvalue weighted by Crippen LogP contribution is 2.27. The number of carbonyl (C=O) groups is 1. The lowest BCUT2D eigenvalue weighted by Gasteiger charge is -2.10. The number of fused-ring (bicyclic) bond motifs is 1. The smallest absolute Gasteiger partial charge is 0.319 e. The van der Waals surface area contributed by atoms with Crippen molar-refractivity contribution in [3.63, 3.8) is 0 Å². The minimum Gasteiger partial charge on any atom is -0.494 e. The SMILES string of the molecule is Cn1c(COc2ccc(Cc3sc(=O)[nH]c3O)cc2)nc2ccc(Oc3ccc(CCNC(=O)Nc4ccc(F)cc4F)cc3)cc21. The summed E-state index contributed by atoms with van der Waals surface area (Å²) in [5.74, 6) is 1.02. The van der Waals surface area contributed by atoms with Crippen LogP contribution in [0.1, 0.15) is 21.8 Å². The number of hydrogen-bond donors (Lipinski definition) is 4. The molecule has 47 heavy (non-hydrogen) atoms. The molecule has 6 rings (SSSR count). The molecule has 0 radical (unpaired) electrons. The summed E-state index contributed by atoms with van der Waals surface area (Å²) in [5.41, 5.74) is 3.48. The van der Waals surface area contributed by atoms with E-state index in [2.05, 4.69) is 15.6 Å². The maximum atomic E-state index is 13.7. The van der Waals surface area contributed by atoms with Crippen LogP contribution >= 0.6 is 11.3 Å². The number of hydrogen-bond acceptors (Lipinski definition) is 7. The second kappa shape index (κ2) is 13.7.